The third-order valence-electron chi connectivity index (χ3n) is 6.85. The van der Waals surface area contributed by atoms with Crippen molar-refractivity contribution in [1.29, 1.82) is 0 Å². The predicted octanol–water partition coefficient (Wildman–Crippen LogP) is 4.00. The average Bonchev–Trinajstić information content (AvgIpc) is 3.42. The van der Waals surface area contributed by atoms with Gasteiger partial charge < -0.3 is 15.3 Å². The third kappa shape index (κ3) is 5.32. The highest BCUT2D eigenvalue weighted by Gasteiger charge is 2.30. The molecule has 178 valence electrons. The molecule has 1 aromatic carbocycles. The van der Waals surface area contributed by atoms with E-state index in [9.17, 15) is 9.90 Å². The fourth-order valence-corrected chi connectivity index (χ4v) is 4.83. The maximum Gasteiger partial charge on any atom is 0.253 e. The molecule has 1 aliphatic carbocycles. The zero-order chi connectivity index (χ0) is 23.7. The van der Waals surface area contributed by atoms with Crippen molar-refractivity contribution in [3.63, 3.8) is 0 Å². The van der Waals surface area contributed by atoms with E-state index >= 15 is 0 Å². The molecule has 3 atom stereocenters. The molecule has 1 aliphatic heterocycles. The van der Waals surface area contributed by atoms with Gasteiger partial charge in [-0.2, -0.15) is 5.10 Å². The number of carbonyl (C=O) groups excluding carboxylic acids is 1. The number of halogens is 1. The minimum Gasteiger partial charge on any atom is -0.387 e. The second-order valence-electron chi connectivity index (χ2n) is 9.56. The molecule has 1 amide bonds. The fraction of sp³-hybridized carbons (Fsp3) is 0.423. The lowest BCUT2D eigenvalue weighted by Crippen LogP contribution is -2.35. The Kier molecular flexibility index (Phi) is 6.68. The smallest absolute Gasteiger partial charge is 0.253 e. The van der Waals surface area contributed by atoms with E-state index in [1.807, 2.05) is 37.4 Å². The number of benzene rings is 1. The van der Waals surface area contributed by atoms with Crippen LogP contribution in [0.2, 0.25) is 5.15 Å². The lowest BCUT2D eigenvalue weighted by Gasteiger charge is -2.20. The predicted molar refractivity (Wildman–Crippen MR) is 131 cm³/mol. The Labute approximate surface area is 204 Å². The van der Waals surface area contributed by atoms with Gasteiger partial charge in [0.05, 0.1) is 18.3 Å². The van der Waals surface area contributed by atoms with E-state index in [1.165, 1.54) is 24.1 Å². The Bertz CT molecular complexity index is 1130. The van der Waals surface area contributed by atoms with E-state index in [2.05, 4.69) is 26.6 Å². The number of aromatic amines is 1. The number of pyridine rings is 1. The first-order valence-corrected chi connectivity index (χ1v) is 12.3. The zero-order valence-electron chi connectivity index (χ0n) is 19.2. The number of amides is 1. The van der Waals surface area contributed by atoms with Crippen LogP contribution >= 0.6 is 11.6 Å². The molecular formula is C26H30ClN5O2. The average molecular weight is 480 g/mol. The summed E-state index contributed by atoms with van der Waals surface area (Å²) in [5.74, 6) is 0.610. The number of nitrogens with one attached hydrogen (secondary N) is 2. The molecule has 8 heteroatoms. The number of aliphatic hydroxyl groups excluding tert-OH is 1. The fourth-order valence-electron chi connectivity index (χ4n) is 4.72. The van der Waals surface area contributed by atoms with Gasteiger partial charge in [-0.25, -0.2) is 4.98 Å². The highest BCUT2D eigenvalue weighted by atomic mass is 35.5. The Balaban J connectivity index is 1.13. The maximum absolute atomic E-state index is 12.9. The quantitative estimate of drug-likeness (QED) is 0.424. The van der Waals surface area contributed by atoms with Gasteiger partial charge in [0.25, 0.3) is 5.91 Å². The Hall–Kier alpha value is -2.74. The number of hydrogen-bond donors (Lipinski definition) is 3. The van der Waals surface area contributed by atoms with Crippen LogP contribution < -0.4 is 5.32 Å². The van der Waals surface area contributed by atoms with Crippen molar-refractivity contribution in [2.45, 2.75) is 62.8 Å². The second-order valence-corrected chi connectivity index (χ2v) is 9.94. The number of aliphatic hydroxyl groups is 1. The van der Waals surface area contributed by atoms with E-state index in [1.54, 1.807) is 17.2 Å². The second kappa shape index (κ2) is 9.86. The molecule has 2 fully saturated rings. The molecule has 0 spiro atoms. The molecular weight excluding hydrogens is 450 g/mol. The summed E-state index contributed by atoms with van der Waals surface area (Å²) >= 11 is 5.85. The first kappa shape index (κ1) is 23.0. The van der Waals surface area contributed by atoms with Gasteiger partial charge in [0.2, 0.25) is 0 Å². The van der Waals surface area contributed by atoms with Gasteiger partial charge in [-0.3, -0.25) is 9.89 Å². The van der Waals surface area contributed by atoms with E-state index in [-0.39, 0.29) is 18.0 Å². The summed E-state index contributed by atoms with van der Waals surface area (Å²) in [4.78, 5) is 18.6. The molecule has 5 rings (SSSR count). The SMILES string of the molecule is CN(Cc1cc(C2CC2)[nH]n1)C(=O)c1ccc(C[C@@H]2CC[C@H](C(O)c3ccc(Cl)nc3)N2)cc1. The van der Waals surface area contributed by atoms with Gasteiger partial charge in [-0.05, 0) is 61.9 Å². The highest BCUT2D eigenvalue weighted by Crippen LogP contribution is 2.39. The first-order valence-electron chi connectivity index (χ1n) is 11.9. The summed E-state index contributed by atoms with van der Waals surface area (Å²) in [7, 11) is 1.81. The summed E-state index contributed by atoms with van der Waals surface area (Å²) in [6.45, 7) is 0.489. The van der Waals surface area contributed by atoms with Gasteiger partial charge in [-0.1, -0.05) is 29.8 Å². The van der Waals surface area contributed by atoms with E-state index in [4.69, 9.17) is 11.6 Å². The van der Waals surface area contributed by atoms with Crippen LogP contribution in [-0.4, -0.2) is 50.2 Å². The highest BCUT2D eigenvalue weighted by molar-refractivity contribution is 6.29. The topological polar surface area (TPSA) is 94.1 Å². The summed E-state index contributed by atoms with van der Waals surface area (Å²) in [6, 6.07) is 13.7. The molecule has 3 N–H and O–H groups in total. The van der Waals surface area contributed by atoms with Crippen LogP contribution in [0.1, 0.15) is 70.6 Å². The zero-order valence-corrected chi connectivity index (χ0v) is 20.0. The van der Waals surface area contributed by atoms with Crippen LogP contribution in [0.4, 0.5) is 0 Å². The van der Waals surface area contributed by atoms with Crippen molar-refractivity contribution in [3.05, 3.63) is 81.9 Å². The lowest BCUT2D eigenvalue weighted by atomic mass is 10.0. The molecule has 2 aromatic heterocycles. The van der Waals surface area contributed by atoms with Crippen molar-refractivity contribution < 1.29 is 9.90 Å². The van der Waals surface area contributed by atoms with Crippen LogP contribution in [0.3, 0.4) is 0 Å². The van der Waals surface area contributed by atoms with Crippen LogP contribution in [0.5, 0.6) is 0 Å². The Morgan fingerprint density at radius 2 is 1.97 bits per heavy atom. The number of nitrogens with zero attached hydrogens (tertiary/aromatic N) is 3. The third-order valence-corrected chi connectivity index (χ3v) is 7.07. The molecule has 7 nitrogen and oxygen atoms in total. The standard InChI is InChI=1S/C26H30ClN5O2/c1-32(15-21-13-23(31-30-21)17-6-7-17)26(34)18-4-2-16(3-5-18)12-20-9-10-22(29-20)25(33)19-8-11-24(27)28-14-19/h2-5,8,11,13-14,17,20,22,25,29,33H,6-7,9-10,12,15H2,1H3,(H,30,31)/t20-,22+,25?/m0/s1. The number of aromatic nitrogens is 3. The first-order chi connectivity index (χ1) is 16.5. The molecule has 3 aromatic rings. The molecule has 1 saturated heterocycles. The minimum atomic E-state index is -0.611. The van der Waals surface area contributed by atoms with Crippen LogP contribution in [-0.2, 0) is 13.0 Å². The summed E-state index contributed by atoms with van der Waals surface area (Å²) in [5.41, 5.74) is 4.69. The number of hydrogen-bond acceptors (Lipinski definition) is 5. The molecule has 0 radical (unpaired) electrons. The number of rotatable bonds is 8. The van der Waals surface area contributed by atoms with E-state index < -0.39 is 6.10 Å². The molecule has 1 unspecified atom stereocenters. The van der Waals surface area contributed by atoms with Crippen molar-refractivity contribution in [1.82, 2.24) is 25.4 Å². The molecule has 34 heavy (non-hydrogen) atoms. The van der Waals surface area contributed by atoms with Gasteiger partial charge in [0.1, 0.15) is 5.15 Å². The van der Waals surface area contributed by atoms with Crippen LogP contribution in [0.15, 0.2) is 48.7 Å². The van der Waals surface area contributed by atoms with E-state index in [0.717, 1.165) is 30.5 Å². The largest absolute Gasteiger partial charge is 0.387 e. The van der Waals surface area contributed by atoms with Crippen LogP contribution in [0.25, 0.3) is 0 Å². The normalized spacial score (nSPS) is 20.9. The van der Waals surface area contributed by atoms with Crippen molar-refractivity contribution in [2.24, 2.45) is 0 Å². The lowest BCUT2D eigenvalue weighted by molar-refractivity contribution is 0.0783. The van der Waals surface area contributed by atoms with Gasteiger partial charge in [0.15, 0.2) is 0 Å². The maximum atomic E-state index is 12.9. The van der Waals surface area contributed by atoms with E-state index in [0.29, 0.717) is 23.2 Å². The molecule has 0 bridgehead atoms. The van der Waals surface area contributed by atoms with Crippen LogP contribution in [0, 0.1) is 0 Å². The monoisotopic (exact) mass is 479 g/mol. The summed E-state index contributed by atoms with van der Waals surface area (Å²) < 4.78 is 0. The van der Waals surface area contributed by atoms with Gasteiger partial charge in [0, 0.05) is 48.1 Å². The molecule has 2 aliphatic rings. The summed E-state index contributed by atoms with van der Waals surface area (Å²) in [6.07, 6.45) is 6.20. The number of H-pyrrole nitrogens is 1. The van der Waals surface area contributed by atoms with Crippen molar-refractivity contribution in [2.75, 3.05) is 7.05 Å². The molecule has 3 heterocycles. The van der Waals surface area contributed by atoms with Crippen molar-refractivity contribution in [3.8, 4) is 0 Å². The van der Waals surface area contributed by atoms with Gasteiger partial charge in [-0.15, -0.1) is 0 Å². The molecule has 1 saturated carbocycles. The Morgan fingerprint density at radius 3 is 2.68 bits per heavy atom. The van der Waals surface area contributed by atoms with Gasteiger partial charge >= 0.3 is 0 Å². The summed E-state index contributed by atoms with van der Waals surface area (Å²) in [5, 5.41) is 22.1. The number of carbonyl (C=O) groups is 1. The minimum absolute atomic E-state index is 0.00931. The Morgan fingerprint density at radius 1 is 1.18 bits per heavy atom. The van der Waals surface area contributed by atoms with Crippen molar-refractivity contribution >= 4 is 17.5 Å².